The molecule has 1 N–H and O–H groups in total. The van der Waals surface area contributed by atoms with Gasteiger partial charge in [0.2, 0.25) is 5.88 Å². The van der Waals surface area contributed by atoms with E-state index in [9.17, 15) is 9.59 Å². The molecule has 0 aliphatic carbocycles. The van der Waals surface area contributed by atoms with E-state index in [0.717, 1.165) is 0 Å². The maximum absolute atomic E-state index is 12.1. The summed E-state index contributed by atoms with van der Waals surface area (Å²) in [7, 11) is 2.73. The Balaban J connectivity index is 2.08. The molecule has 0 saturated carbocycles. The van der Waals surface area contributed by atoms with E-state index in [1.807, 2.05) is 0 Å². The Morgan fingerprint density at radius 3 is 2.90 bits per heavy atom. The molecule has 0 aliphatic heterocycles. The zero-order chi connectivity index (χ0) is 15.2. The van der Waals surface area contributed by atoms with Gasteiger partial charge in [0.15, 0.2) is 0 Å². The molecule has 8 nitrogen and oxygen atoms in total. The van der Waals surface area contributed by atoms with Crippen LogP contribution in [0.5, 0.6) is 5.88 Å². The van der Waals surface area contributed by atoms with Gasteiger partial charge in [-0.3, -0.25) is 14.3 Å². The highest BCUT2D eigenvalue weighted by molar-refractivity contribution is 6.05. The van der Waals surface area contributed by atoms with E-state index in [-0.39, 0.29) is 18.3 Å². The third-order valence-electron chi connectivity index (χ3n) is 2.62. The number of hydrogen-bond acceptors (Lipinski definition) is 6. The lowest BCUT2D eigenvalue weighted by molar-refractivity contribution is -0.141. The van der Waals surface area contributed by atoms with Gasteiger partial charge in [-0.1, -0.05) is 0 Å². The fraction of sp³-hybridized carbons (Fsp3) is 0.231. The lowest BCUT2D eigenvalue weighted by atomic mass is 10.2. The van der Waals surface area contributed by atoms with Crippen molar-refractivity contribution in [3.05, 3.63) is 36.3 Å². The molecule has 8 heteroatoms. The first-order chi connectivity index (χ1) is 10.1. The lowest BCUT2D eigenvalue weighted by Crippen LogP contribution is -2.14. The van der Waals surface area contributed by atoms with Crippen molar-refractivity contribution in [3.8, 4) is 5.88 Å². The smallest absolute Gasteiger partial charge is 0.327 e. The summed E-state index contributed by atoms with van der Waals surface area (Å²) in [4.78, 5) is 27.2. The van der Waals surface area contributed by atoms with Crippen LogP contribution in [0.2, 0.25) is 0 Å². The second-order valence-electron chi connectivity index (χ2n) is 4.02. The minimum Gasteiger partial charge on any atom is -0.480 e. The van der Waals surface area contributed by atoms with Gasteiger partial charge >= 0.3 is 5.97 Å². The molecule has 2 aromatic heterocycles. The molecule has 0 spiro atoms. The van der Waals surface area contributed by atoms with E-state index in [4.69, 9.17) is 4.74 Å². The van der Waals surface area contributed by atoms with Gasteiger partial charge in [0.25, 0.3) is 5.91 Å². The molecule has 0 bridgehead atoms. The van der Waals surface area contributed by atoms with Crippen LogP contribution in [0.3, 0.4) is 0 Å². The van der Waals surface area contributed by atoms with Crippen molar-refractivity contribution in [2.45, 2.75) is 6.54 Å². The molecule has 2 heterocycles. The van der Waals surface area contributed by atoms with Crippen LogP contribution in [0, 0.1) is 0 Å². The number of pyridine rings is 1. The number of aromatic nitrogens is 3. The Morgan fingerprint density at radius 2 is 2.19 bits per heavy atom. The highest BCUT2D eigenvalue weighted by Gasteiger charge is 2.14. The van der Waals surface area contributed by atoms with Crippen LogP contribution in [0.4, 0.5) is 5.69 Å². The Bertz CT molecular complexity index is 653. The average Bonchev–Trinajstić information content (AvgIpc) is 2.93. The molecule has 0 aliphatic rings. The minimum atomic E-state index is -0.426. The number of anilines is 1. The van der Waals surface area contributed by atoms with Gasteiger partial charge in [0.05, 0.1) is 26.1 Å². The van der Waals surface area contributed by atoms with Crippen molar-refractivity contribution in [1.29, 1.82) is 0 Å². The van der Waals surface area contributed by atoms with E-state index in [0.29, 0.717) is 11.3 Å². The zero-order valence-electron chi connectivity index (χ0n) is 11.6. The summed E-state index contributed by atoms with van der Waals surface area (Å²) < 4.78 is 10.9. The number of carbonyl (C=O) groups is 2. The lowest BCUT2D eigenvalue weighted by Gasteiger charge is -2.06. The molecule has 0 radical (unpaired) electrons. The van der Waals surface area contributed by atoms with Crippen LogP contribution in [0.25, 0.3) is 0 Å². The van der Waals surface area contributed by atoms with Crippen molar-refractivity contribution in [3.63, 3.8) is 0 Å². The number of ether oxygens (including phenoxy) is 2. The first-order valence-electron chi connectivity index (χ1n) is 6.03. The maximum Gasteiger partial charge on any atom is 0.327 e. The maximum atomic E-state index is 12.1. The van der Waals surface area contributed by atoms with Crippen LogP contribution in [0.1, 0.15) is 10.4 Å². The van der Waals surface area contributed by atoms with Gasteiger partial charge in [-0.2, -0.15) is 5.10 Å². The van der Waals surface area contributed by atoms with Gasteiger partial charge in [-0.25, -0.2) is 4.98 Å². The predicted octanol–water partition coefficient (Wildman–Crippen LogP) is 0.712. The number of carbonyl (C=O) groups excluding carboxylic acids is 2. The van der Waals surface area contributed by atoms with Gasteiger partial charge < -0.3 is 14.8 Å². The molecule has 21 heavy (non-hydrogen) atoms. The Labute approximate surface area is 120 Å². The first-order valence-corrected chi connectivity index (χ1v) is 6.03. The number of rotatable bonds is 5. The molecule has 0 aromatic carbocycles. The molecular weight excluding hydrogens is 276 g/mol. The summed E-state index contributed by atoms with van der Waals surface area (Å²) in [6, 6.07) is 3.23. The molecule has 2 rings (SSSR count). The minimum absolute atomic E-state index is 0.0252. The van der Waals surface area contributed by atoms with Crippen LogP contribution >= 0.6 is 0 Å². The van der Waals surface area contributed by atoms with Crippen molar-refractivity contribution in [1.82, 2.24) is 14.8 Å². The molecule has 0 saturated heterocycles. The second-order valence-corrected chi connectivity index (χ2v) is 4.02. The third-order valence-corrected chi connectivity index (χ3v) is 2.62. The van der Waals surface area contributed by atoms with Crippen LogP contribution in [-0.4, -0.2) is 40.9 Å². The molecule has 0 unspecified atom stereocenters. The number of hydrogen-bond donors (Lipinski definition) is 1. The Kier molecular flexibility index (Phi) is 4.50. The molecule has 0 fully saturated rings. The Hall–Kier alpha value is -2.90. The van der Waals surface area contributed by atoms with Gasteiger partial charge in [0.1, 0.15) is 12.1 Å². The van der Waals surface area contributed by atoms with Gasteiger partial charge in [0, 0.05) is 12.4 Å². The molecule has 110 valence electrons. The largest absolute Gasteiger partial charge is 0.480 e. The topological polar surface area (TPSA) is 95.3 Å². The van der Waals surface area contributed by atoms with Crippen LogP contribution < -0.4 is 10.1 Å². The summed E-state index contributed by atoms with van der Waals surface area (Å²) in [6.07, 6.45) is 4.49. The summed E-state index contributed by atoms with van der Waals surface area (Å²) in [5, 5.41) is 6.60. The average molecular weight is 290 g/mol. The summed E-state index contributed by atoms with van der Waals surface area (Å²) in [5.41, 5.74) is 0.760. The standard InChI is InChI=1S/C13H14N4O4/c1-20-11(18)8-17-7-9(6-15-17)16-12(19)10-4-3-5-14-13(10)21-2/h3-7H,8H2,1-2H3,(H,16,19). The van der Waals surface area contributed by atoms with Crippen LogP contribution in [-0.2, 0) is 16.1 Å². The van der Waals surface area contributed by atoms with Gasteiger partial charge in [-0.15, -0.1) is 0 Å². The number of nitrogens with zero attached hydrogens (tertiary/aromatic N) is 3. The van der Waals surface area contributed by atoms with E-state index < -0.39 is 5.97 Å². The summed E-state index contributed by atoms with van der Waals surface area (Å²) >= 11 is 0. The summed E-state index contributed by atoms with van der Waals surface area (Å²) in [5.74, 6) is -0.570. The van der Waals surface area contributed by atoms with E-state index in [1.54, 1.807) is 12.1 Å². The van der Waals surface area contributed by atoms with E-state index >= 15 is 0 Å². The normalized spacial score (nSPS) is 10.0. The molecule has 1 amide bonds. The van der Waals surface area contributed by atoms with Crippen molar-refractivity contribution in [2.24, 2.45) is 0 Å². The quantitative estimate of drug-likeness (QED) is 0.815. The predicted molar refractivity (Wildman–Crippen MR) is 73.0 cm³/mol. The van der Waals surface area contributed by atoms with Crippen LogP contribution in [0.15, 0.2) is 30.7 Å². The van der Waals surface area contributed by atoms with Crippen molar-refractivity contribution >= 4 is 17.6 Å². The van der Waals surface area contributed by atoms with Gasteiger partial charge in [-0.05, 0) is 12.1 Å². The van der Waals surface area contributed by atoms with Crippen molar-refractivity contribution < 1.29 is 19.1 Å². The monoisotopic (exact) mass is 290 g/mol. The molecule has 2 aromatic rings. The van der Waals surface area contributed by atoms with Crippen molar-refractivity contribution in [2.75, 3.05) is 19.5 Å². The fourth-order valence-electron chi connectivity index (χ4n) is 1.64. The van der Waals surface area contributed by atoms with E-state index in [2.05, 4.69) is 20.1 Å². The Morgan fingerprint density at radius 1 is 1.38 bits per heavy atom. The summed E-state index contributed by atoms with van der Waals surface area (Å²) in [6.45, 7) is -0.0252. The highest BCUT2D eigenvalue weighted by Crippen LogP contribution is 2.16. The highest BCUT2D eigenvalue weighted by atomic mass is 16.5. The molecule has 0 atom stereocenters. The SMILES string of the molecule is COC(=O)Cn1cc(NC(=O)c2cccnc2OC)cn1. The number of esters is 1. The number of amides is 1. The number of nitrogens with one attached hydrogen (secondary N) is 1. The fourth-order valence-corrected chi connectivity index (χ4v) is 1.64. The van der Waals surface area contributed by atoms with E-state index in [1.165, 1.54) is 37.5 Å². The number of methoxy groups -OCH3 is 2. The zero-order valence-corrected chi connectivity index (χ0v) is 11.6. The first kappa shape index (κ1) is 14.5. The molecular formula is C13H14N4O4. The third kappa shape index (κ3) is 3.56. The second kappa shape index (κ2) is 6.51.